The van der Waals surface area contributed by atoms with Gasteiger partial charge >= 0.3 is 0 Å². The highest BCUT2D eigenvalue weighted by molar-refractivity contribution is 8.01. The van der Waals surface area contributed by atoms with Crippen molar-refractivity contribution >= 4 is 74.4 Å². The Balaban J connectivity index is 1.42. The molecule has 2 heterocycles. The maximum Gasteiger partial charge on any atom is 0.233 e. The van der Waals surface area contributed by atoms with Crippen LogP contribution in [0.4, 0.5) is 0 Å². The molecule has 0 unspecified atom stereocenters. The molecule has 154 valence electrons. The molecule has 0 saturated heterocycles. The topological polar surface area (TPSA) is 51.0 Å². The molecule has 4 rings (SSSR count). The number of carbonyl (C=O) groups excluding carboxylic acids is 1. The number of fused-ring (bicyclic) bond motifs is 1. The summed E-state index contributed by atoms with van der Waals surface area (Å²) in [7, 11) is 1.81. The van der Waals surface area contributed by atoms with Crippen molar-refractivity contribution in [1.29, 1.82) is 0 Å². The summed E-state index contributed by atoms with van der Waals surface area (Å²) in [5.41, 5.74) is 1.81. The van der Waals surface area contributed by atoms with E-state index in [2.05, 4.69) is 10.1 Å². The van der Waals surface area contributed by atoms with Gasteiger partial charge in [0.1, 0.15) is 5.01 Å². The van der Waals surface area contributed by atoms with Gasteiger partial charge in [-0.2, -0.15) is 0 Å². The number of thioether (sulfide) groups is 1. The number of aromatic nitrogens is 3. The summed E-state index contributed by atoms with van der Waals surface area (Å²) in [6.07, 6.45) is 0. The Labute approximate surface area is 196 Å². The molecule has 4 aromatic rings. The minimum atomic E-state index is -0.0969. The molecule has 10 heteroatoms. The fourth-order valence-electron chi connectivity index (χ4n) is 2.74. The number of hydrogen-bond acceptors (Lipinski definition) is 7. The van der Waals surface area contributed by atoms with Gasteiger partial charge in [0.2, 0.25) is 5.91 Å². The van der Waals surface area contributed by atoms with Gasteiger partial charge in [0.05, 0.1) is 27.7 Å². The van der Waals surface area contributed by atoms with E-state index < -0.39 is 0 Å². The van der Waals surface area contributed by atoms with E-state index >= 15 is 0 Å². The first-order chi connectivity index (χ1) is 14.4. The summed E-state index contributed by atoms with van der Waals surface area (Å²) in [4.78, 5) is 19.2. The van der Waals surface area contributed by atoms with E-state index in [1.165, 1.54) is 23.1 Å². The minimum absolute atomic E-state index is 0.0194. The van der Waals surface area contributed by atoms with Gasteiger partial charge in [0.15, 0.2) is 8.29 Å². The van der Waals surface area contributed by atoms with Crippen LogP contribution in [0.2, 0.25) is 5.02 Å². The second-order valence-electron chi connectivity index (χ2n) is 6.51. The van der Waals surface area contributed by atoms with Crippen LogP contribution in [0, 0.1) is 3.95 Å². The first-order valence-electron chi connectivity index (χ1n) is 9.02. The van der Waals surface area contributed by atoms with Gasteiger partial charge in [-0.25, -0.2) is 9.67 Å². The third kappa shape index (κ3) is 4.60. The molecule has 0 spiro atoms. The summed E-state index contributed by atoms with van der Waals surface area (Å²) >= 11 is 15.8. The Morgan fingerprint density at radius 3 is 2.70 bits per heavy atom. The molecule has 5 nitrogen and oxygen atoms in total. The SMILES string of the molecule is C[C@@H](c1nc2ccccc2s1)N(C)C(=O)CSc1nn(-c2ccc(Cl)cc2)c(=S)s1. The predicted molar refractivity (Wildman–Crippen MR) is 129 cm³/mol. The monoisotopic (exact) mass is 492 g/mol. The Hall–Kier alpha value is -1.78. The summed E-state index contributed by atoms with van der Waals surface area (Å²) in [6.45, 7) is 2.00. The lowest BCUT2D eigenvalue weighted by molar-refractivity contribution is -0.128. The summed E-state index contributed by atoms with van der Waals surface area (Å²) in [5, 5.41) is 6.13. The molecule has 2 aromatic heterocycles. The van der Waals surface area contributed by atoms with Crippen molar-refractivity contribution in [3.63, 3.8) is 0 Å². The molecule has 0 saturated carbocycles. The average molecular weight is 493 g/mol. The highest BCUT2D eigenvalue weighted by Gasteiger charge is 2.21. The number of para-hydroxylation sites is 1. The van der Waals surface area contributed by atoms with Gasteiger partial charge < -0.3 is 4.90 Å². The van der Waals surface area contributed by atoms with Crippen LogP contribution < -0.4 is 0 Å². The number of hydrogen-bond donors (Lipinski definition) is 0. The molecule has 0 N–H and O–H groups in total. The summed E-state index contributed by atoms with van der Waals surface area (Å²) in [6, 6.07) is 15.2. The summed E-state index contributed by atoms with van der Waals surface area (Å²) in [5.74, 6) is 0.306. The van der Waals surface area contributed by atoms with Crippen molar-refractivity contribution in [2.24, 2.45) is 0 Å². The standard InChI is InChI=1S/C20H17ClN4OS4/c1-12(18-22-15-5-3-4-6-16(15)29-18)24(2)17(26)11-28-19-23-25(20(27)30-19)14-9-7-13(21)8-10-14/h3-10,12H,11H2,1-2H3/t12-/m0/s1. The van der Waals surface area contributed by atoms with Crippen LogP contribution in [0.3, 0.4) is 0 Å². The molecular weight excluding hydrogens is 476 g/mol. The van der Waals surface area contributed by atoms with Gasteiger partial charge in [-0.05, 0) is 55.5 Å². The van der Waals surface area contributed by atoms with E-state index in [0.29, 0.717) is 8.98 Å². The van der Waals surface area contributed by atoms with Crippen molar-refractivity contribution in [2.45, 2.75) is 17.3 Å². The smallest absolute Gasteiger partial charge is 0.233 e. The quantitative estimate of drug-likeness (QED) is 0.235. The van der Waals surface area contributed by atoms with Crippen molar-refractivity contribution in [2.75, 3.05) is 12.8 Å². The van der Waals surface area contributed by atoms with Gasteiger partial charge in [-0.15, -0.1) is 16.4 Å². The van der Waals surface area contributed by atoms with E-state index in [9.17, 15) is 4.79 Å². The van der Waals surface area contributed by atoms with E-state index in [4.69, 9.17) is 23.8 Å². The molecule has 1 atom stereocenters. The second-order valence-corrected chi connectivity index (χ2v) is 10.9. The van der Waals surface area contributed by atoms with Gasteiger partial charge in [0, 0.05) is 12.1 Å². The number of carbonyl (C=O) groups is 1. The molecule has 30 heavy (non-hydrogen) atoms. The Morgan fingerprint density at radius 1 is 1.23 bits per heavy atom. The molecule has 0 aliphatic carbocycles. The third-order valence-electron chi connectivity index (χ3n) is 4.56. The maximum atomic E-state index is 12.8. The minimum Gasteiger partial charge on any atom is -0.336 e. The van der Waals surface area contributed by atoms with Crippen molar-refractivity contribution in [3.8, 4) is 5.69 Å². The molecule has 0 aliphatic rings. The fourth-order valence-corrected chi connectivity index (χ4v) is 6.21. The molecule has 0 aliphatic heterocycles. The lowest BCUT2D eigenvalue weighted by Gasteiger charge is -2.22. The number of thiazole rings is 1. The van der Waals surface area contributed by atoms with Crippen molar-refractivity contribution in [1.82, 2.24) is 19.7 Å². The van der Waals surface area contributed by atoms with Crippen molar-refractivity contribution < 1.29 is 4.79 Å². The van der Waals surface area contributed by atoms with Crippen molar-refractivity contribution in [3.05, 3.63) is 62.5 Å². The lowest BCUT2D eigenvalue weighted by atomic mass is 10.3. The van der Waals surface area contributed by atoms with Crippen LogP contribution >= 0.6 is 58.3 Å². The average Bonchev–Trinajstić information content (AvgIpc) is 3.35. The lowest BCUT2D eigenvalue weighted by Crippen LogP contribution is -2.31. The van der Waals surface area contributed by atoms with Crippen LogP contribution in [-0.4, -0.2) is 38.4 Å². The zero-order chi connectivity index (χ0) is 21.3. The van der Waals surface area contributed by atoms with Crippen LogP contribution in [0.5, 0.6) is 0 Å². The fraction of sp³-hybridized carbons (Fsp3) is 0.200. The number of nitrogens with zero attached hydrogens (tertiary/aromatic N) is 4. The molecule has 0 radical (unpaired) electrons. The zero-order valence-electron chi connectivity index (χ0n) is 16.1. The maximum absolute atomic E-state index is 12.8. The Morgan fingerprint density at radius 2 is 1.97 bits per heavy atom. The molecular formula is C20H17ClN4OS4. The highest BCUT2D eigenvalue weighted by Crippen LogP contribution is 2.30. The number of amides is 1. The van der Waals surface area contributed by atoms with Gasteiger partial charge in [-0.3, -0.25) is 4.79 Å². The van der Waals surface area contributed by atoms with Gasteiger partial charge in [-0.1, -0.05) is 46.8 Å². The van der Waals surface area contributed by atoms with Crippen LogP contribution in [0.25, 0.3) is 15.9 Å². The van der Waals surface area contributed by atoms with E-state index in [1.54, 1.807) is 33.1 Å². The third-order valence-corrected chi connectivity index (χ3v) is 8.37. The molecule has 0 fully saturated rings. The van der Waals surface area contributed by atoms with E-state index in [0.717, 1.165) is 25.3 Å². The van der Waals surface area contributed by atoms with E-state index in [-0.39, 0.29) is 17.7 Å². The summed E-state index contributed by atoms with van der Waals surface area (Å²) < 4.78 is 4.20. The van der Waals surface area contributed by atoms with Crippen LogP contribution in [-0.2, 0) is 4.79 Å². The van der Waals surface area contributed by atoms with Crippen LogP contribution in [0.15, 0.2) is 52.9 Å². The normalized spacial score (nSPS) is 12.2. The first-order valence-corrected chi connectivity index (χ1v) is 12.4. The highest BCUT2D eigenvalue weighted by atomic mass is 35.5. The Bertz CT molecular complexity index is 1210. The van der Waals surface area contributed by atoms with Crippen LogP contribution in [0.1, 0.15) is 18.0 Å². The largest absolute Gasteiger partial charge is 0.336 e. The molecule has 1 amide bonds. The molecule has 2 aromatic carbocycles. The predicted octanol–water partition coefficient (Wildman–Crippen LogP) is 6.24. The Kier molecular flexibility index (Phi) is 6.54. The number of halogens is 1. The van der Waals surface area contributed by atoms with Gasteiger partial charge in [0.25, 0.3) is 0 Å². The first kappa shape index (κ1) is 21.5. The molecule has 0 bridgehead atoms. The van der Waals surface area contributed by atoms with E-state index in [1.807, 2.05) is 50.4 Å². The number of rotatable bonds is 6. The number of benzene rings is 2. The second kappa shape index (κ2) is 9.15. The zero-order valence-corrected chi connectivity index (χ0v) is 20.1.